The number of hydrogen-bond donors (Lipinski definition) is 2. The highest BCUT2D eigenvalue weighted by Gasteiger charge is 2.19. The molecule has 0 radical (unpaired) electrons. The van der Waals surface area contributed by atoms with Gasteiger partial charge >= 0.3 is 0 Å². The van der Waals surface area contributed by atoms with Gasteiger partial charge in [0.2, 0.25) is 0 Å². The number of aromatic nitrogens is 1. The van der Waals surface area contributed by atoms with Crippen LogP contribution in [0.4, 0.5) is 5.82 Å². The number of nitrogens with zero attached hydrogens (tertiary/aromatic N) is 1. The normalized spacial score (nSPS) is 12.3. The van der Waals surface area contributed by atoms with Crippen molar-refractivity contribution in [3.8, 4) is 0 Å². The molecule has 112 valence electrons. The first-order chi connectivity index (χ1) is 9.49. The van der Waals surface area contributed by atoms with Crippen LogP contribution in [0.15, 0.2) is 16.7 Å². The van der Waals surface area contributed by atoms with Crippen LogP contribution in [-0.4, -0.2) is 37.2 Å². The number of ether oxygens (including phenoxy) is 1. The minimum absolute atomic E-state index is 0.0221. The number of amides is 1. The van der Waals surface area contributed by atoms with Gasteiger partial charge in [0, 0.05) is 24.3 Å². The largest absolute Gasteiger partial charge is 0.380 e. The third kappa shape index (κ3) is 4.76. The molecule has 1 aromatic heterocycles. The molecule has 0 fully saturated rings. The molecular formula is C14H22BrN3O2. The average molecular weight is 344 g/mol. The van der Waals surface area contributed by atoms with Crippen LogP contribution >= 0.6 is 15.9 Å². The molecule has 20 heavy (non-hydrogen) atoms. The Balaban J connectivity index is 2.85. The maximum Gasteiger partial charge on any atom is 0.255 e. The van der Waals surface area contributed by atoms with Gasteiger partial charge in [0.1, 0.15) is 5.82 Å². The van der Waals surface area contributed by atoms with Crippen LogP contribution in [0.5, 0.6) is 0 Å². The van der Waals surface area contributed by atoms with Gasteiger partial charge in [0.25, 0.3) is 5.91 Å². The predicted molar refractivity (Wildman–Crippen MR) is 84.1 cm³/mol. The molecule has 1 unspecified atom stereocenters. The van der Waals surface area contributed by atoms with Gasteiger partial charge in [0.05, 0.1) is 18.2 Å². The lowest BCUT2D eigenvalue weighted by molar-refractivity contribution is 0.0806. The highest BCUT2D eigenvalue weighted by molar-refractivity contribution is 9.10. The van der Waals surface area contributed by atoms with Gasteiger partial charge < -0.3 is 15.4 Å². The van der Waals surface area contributed by atoms with E-state index in [4.69, 9.17) is 4.74 Å². The van der Waals surface area contributed by atoms with Gasteiger partial charge in [-0.1, -0.05) is 13.8 Å². The number of nitrogens with one attached hydrogen (secondary N) is 2. The molecule has 0 bridgehead atoms. The second kappa shape index (κ2) is 8.21. The summed E-state index contributed by atoms with van der Waals surface area (Å²) in [7, 11) is 1.74. The number of carbonyl (C=O) groups excluding carboxylic acids is 1. The second-order valence-corrected chi connectivity index (χ2v) is 5.70. The van der Waals surface area contributed by atoms with Crippen molar-refractivity contribution in [3.63, 3.8) is 0 Å². The van der Waals surface area contributed by atoms with E-state index in [-0.39, 0.29) is 11.9 Å². The van der Waals surface area contributed by atoms with E-state index in [1.807, 2.05) is 6.92 Å². The third-order valence-corrected chi connectivity index (χ3v) is 3.39. The average Bonchev–Trinajstić information content (AvgIpc) is 2.42. The summed E-state index contributed by atoms with van der Waals surface area (Å²) in [6.45, 7) is 7.20. The molecule has 0 saturated carbocycles. The molecule has 0 aromatic carbocycles. The van der Waals surface area contributed by atoms with Crippen LogP contribution in [0.3, 0.4) is 0 Å². The molecule has 1 amide bonds. The molecule has 1 aromatic rings. The van der Waals surface area contributed by atoms with Gasteiger partial charge in [-0.3, -0.25) is 4.79 Å². The lowest BCUT2D eigenvalue weighted by atomic mass is 10.0. The molecule has 1 heterocycles. The van der Waals surface area contributed by atoms with Crippen molar-refractivity contribution in [3.05, 3.63) is 22.3 Å². The monoisotopic (exact) mass is 343 g/mol. The fourth-order valence-corrected chi connectivity index (χ4v) is 2.03. The molecule has 0 aliphatic heterocycles. The van der Waals surface area contributed by atoms with Crippen LogP contribution in [0.1, 0.15) is 31.1 Å². The zero-order valence-electron chi connectivity index (χ0n) is 12.4. The Morgan fingerprint density at radius 3 is 2.75 bits per heavy atom. The molecular weight excluding hydrogens is 322 g/mol. The summed E-state index contributed by atoms with van der Waals surface area (Å²) in [6, 6.07) is 1.73. The summed E-state index contributed by atoms with van der Waals surface area (Å²) in [5.41, 5.74) is 0.518. The minimum Gasteiger partial charge on any atom is -0.380 e. The molecule has 1 rings (SSSR count). The predicted octanol–water partition coefficient (Wildman–Crippen LogP) is 2.68. The minimum atomic E-state index is -0.151. The lowest BCUT2D eigenvalue weighted by Crippen LogP contribution is -2.42. The topological polar surface area (TPSA) is 63.2 Å². The van der Waals surface area contributed by atoms with E-state index in [9.17, 15) is 4.79 Å². The van der Waals surface area contributed by atoms with E-state index in [1.54, 1.807) is 19.3 Å². The van der Waals surface area contributed by atoms with Gasteiger partial charge in [-0.2, -0.15) is 0 Å². The summed E-state index contributed by atoms with van der Waals surface area (Å²) >= 11 is 3.34. The summed E-state index contributed by atoms with van der Waals surface area (Å²) < 4.78 is 6.19. The van der Waals surface area contributed by atoms with Gasteiger partial charge in [-0.05, 0) is 34.8 Å². The van der Waals surface area contributed by atoms with Crippen molar-refractivity contribution in [2.24, 2.45) is 5.92 Å². The fourth-order valence-electron chi connectivity index (χ4n) is 1.70. The Morgan fingerprint density at radius 1 is 1.50 bits per heavy atom. The molecule has 0 aliphatic carbocycles. The Hall–Kier alpha value is -1.14. The van der Waals surface area contributed by atoms with Crippen LogP contribution < -0.4 is 10.6 Å². The molecule has 6 heteroatoms. The van der Waals surface area contributed by atoms with Crippen molar-refractivity contribution >= 4 is 27.7 Å². The van der Waals surface area contributed by atoms with Gasteiger partial charge in [-0.15, -0.1) is 0 Å². The Morgan fingerprint density at radius 2 is 2.20 bits per heavy atom. The van der Waals surface area contributed by atoms with Crippen LogP contribution in [0, 0.1) is 5.92 Å². The summed E-state index contributed by atoms with van der Waals surface area (Å²) in [4.78, 5) is 16.6. The molecule has 0 saturated heterocycles. The van der Waals surface area contributed by atoms with Crippen molar-refractivity contribution < 1.29 is 9.53 Å². The number of anilines is 1. The number of pyridine rings is 1. The third-order valence-electron chi connectivity index (χ3n) is 2.96. The number of rotatable bonds is 7. The first-order valence-electron chi connectivity index (χ1n) is 6.71. The first kappa shape index (κ1) is 16.9. The summed E-state index contributed by atoms with van der Waals surface area (Å²) in [5.74, 6) is 0.704. The van der Waals surface area contributed by atoms with E-state index in [0.717, 1.165) is 4.47 Å². The van der Waals surface area contributed by atoms with Crippen molar-refractivity contribution in [1.82, 2.24) is 10.3 Å². The van der Waals surface area contributed by atoms with Gasteiger partial charge in [-0.25, -0.2) is 4.98 Å². The quantitative estimate of drug-likeness (QED) is 0.798. The molecule has 1 atom stereocenters. The number of carbonyl (C=O) groups is 1. The second-order valence-electron chi connectivity index (χ2n) is 4.78. The number of halogens is 1. The highest BCUT2D eigenvalue weighted by Crippen LogP contribution is 2.18. The Kier molecular flexibility index (Phi) is 6.95. The maximum absolute atomic E-state index is 12.4. The summed E-state index contributed by atoms with van der Waals surface area (Å²) in [5, 5.41) is 5.93. The fraction of sp³-hybridized carbons (Fsp3) is 0.571. The van der Waals surface area contributed by atoms with E-state index in [2.05, 4.69) is 45.4 Å². The first-order valence-corrected chi connectivity index (χ1v) is 7.50. The van der Waals surface area contributed by atoms with Crippen molar-refractivity contribution in [1.29, 1.82) is 0 Å². The highest BCUT2D eigenvalue weighted by atomic mass is 79.9. The maximum atomic E-state index is 12.4. The zero-order valence-corrected chi connectivity index (χ0v) is 14.0. The molecule has 5 nitrogen and oxygen atoms in total. The van der Waals surface area contributed by atoms with Crippen molar-refractivity contribution in [2.75, 3.05) is 25.6 Å². The SMILES string of the molecule is CCOCC(NC(=O)c1cc(Br)cnc1NC)C(C)C. The van der Waals surface area contributed by atoms with Crippen LogP contribution in [0.25, 0.3) is 0 Å². The smallest absolute Gasteiger partial charge is 0.255 e. The molecule has 2 N–H and O–H groups in total. The summed E-state index contributed by atoms with van der Waals surface area (Å²) in [6.07, 6.45) is 1.66. The van der Waals surface area contributed by atoms with E-state index >= 15 is 0 Å². The number of hydrogen-bond acceptors (Lipinski definition) is 4. The van der Waals surface area contributed by atoms with E-state index in [0.29, 0.717) is 30.5 Å². The van der Waals surface area contributed by atoms with E-state index < -0.39 is 0 Å². The van der Waals surface area contributed by atoms with Crippen LogP contribution in [0.2, 0.25) is 0 Å². The standard InChI is InChI=1S/C14H22BrN3O2/c1-5-20-8-12(9(2)3)18-14(19)11-6-10(15)7-17-13(11)16-4/h6-7,9,12H,5,8H2,1-4H3,(H,16,17)(H,18,19). The Bertz CT molecular complexity index is 452. The lowest BCUT2D eigenvalue weighted by Gasteiger charge is -2.22. The molecule has 0 aliphatic rings. The van der Waals surface area contributed by atoms with Crippen molar-refractivity contribution in [2.45, 2.75) is 26.8 Å². The van der Waals surface area contributed by atoms with Gasteiger partial charge in [0.15, 0.2) is 0 Å². The van der Waals surface area contributed by atoms with E-state index in [1.165, 1.54) is 0 Å². The Labute approximate surface area is 128 Å². The van der Waals surface area contributed by atoms with Crippen LogP contribution in [-0.2, 0) is 4.74 Å². The zero-order chi connectivity index (χ0) is 15.1. The molecule has 0 spiro atoms.